The SMILES string of the molecule is C#CC(C)NCCC(C)(C)C#N. The Labute approximate surface area is 75.0 Å². The minimum Gasteiger partial charge on any atom is -0.304 e. The van der Waals surface area contributed by atoms with Gasteiger partial charge in [-0.3, -0.25) is 0 Å². The first-order valence-electron chi connectivity index (χ1n) is 4.12. The average Bonchev–Trinajstić information content (AvgIpc) is 2.04. The minimum absolute atomic E-state index is 0.0968. The van der Waals surface area contributed by atoms with Crippen molar-refractivity contribution in [1.29, 1.82) is 5.26 Å². The summed E-state index contributed by atoms with van der Waals surface area (Å²) in [4.78, 5) is 0. The highest BCUT2D eigenvalue weighted by Crippen LogP contribution is 2.17. The van der Waals surface area contributed by atoms with Crippen LogP contribution in [0.1, 0.15) is 27.2 Å². The number of rotatable bonds is 4. The number of nitriles is 1. The van der Waals surface area contributed by atoms with Crippen molar-refractivity contribution in [2.75, 3.05) is 6.54 Å². The Hall–Kier alpha value is -0.990. The van der Waals surface area contributed by atoms with Crippen molar-refractivity contribution >= 4 is 0 Å². The first-order valence-corrected chi connectivity index (χ1v) is 4.12. The molecule has 0 bridgehead atoms. The molecule has 66 valence electrons. The van der Waals surface area contributed by atoms with Gasteiger partial charge in [-0.2, -0.15) is 5.26 Å². The maximum atomic E-state index is 8.70. The van der Waals surface area contributed by atoms with E-state index in [-0.39, 0.29) is 11.5 Å². The van der Waals surface area contributed by atoms with Crippen LogP contribution in [0.4, 0.5) is 0 Å². The van der Waals surface area contributed by atoms with E-state index in [1.807, 2.05) is 20.8 Å². The van der Waals surface area contributed by atoms with Gasteiger partial charge in [0.05, 0.1) is 17.5 Å². The van der Waals surface area contributed by atoms with Crippen molar-refractivity contribution in [3.63, 3.8) is 0 Å². The van der Waals surface area contributed by atoms with Crippen LogP contribution in [0.15, 0.2) is 0 Å². The molecule has 0 saturated carbocycles. The van der Waals surface area contributed by atoms with Gasteiger partial charge < -0.3 is 5.32 Å². The second kappa shape index (κ2) is 4.80. The molecule has 0 rings (SSSR count). The van der Waals surface area contributed by atoms with Gasteiger partial charge in [0.25, 0.3) is 0 Å². The van der Waals surface area contributed by atoms with E-state index < -0.39 is 0 Å². The van der Waals surface area contributed by atoms with Crippen molar-refractivity contribution in [1.82, 2.24) is 5.32 Å². The molecule has 0 fully saturated rings. The van der Waals surface area contributed by atoms with E-state index in [1.54, 1.807) is 0 Å². The van der Waals surface area contributed by atoms with Crippen LogP contribution >= 0.6 is 0 Å². The molecule has 1 atom stereocenters. The zero-order valence-corrected chi connectivity index (χ0v) is 8.02. The highest BCUT2D eigenvalue weighted by molar-refractivity contribution is 4.97. The summed E-state index contributed by atoms with van der Waals surface area (Å²) >= 11 is 0. The third kappa shape index (κ3) is 4.77. The molecule has 0 spiro atoms. The van der Waals surface area contributed by atoms with Crippen molar-refractivity contribution in [2.45, 2.75) is 33.2 Å². The lowest BCUT2D eigenvalue weighted by Crippen LogP contribution is -2.28. The molecular formula is C10H16N2. The maximum Gasteiger partial charge on any atom is 0.0684 e. The highest BCUT2D eigenvalue weighted by Gasteiger charge is 2.15. The van der Waals surface area contributed by atoms with E-state index in [2.05, 4.69) is 17.3 Å². The number of hydrogen-bond donors (Lipinski definition) is 1. The van der Waals surface area contributed by atoms with Gasteiger partial charge in [-0.1, -0.05) is 5.92 Å². The molecule has 0 aliphatic rings. The summed E-state index contributed by atoms with van der Waals surface area (Å²) in [5.41, 5.74) is -0.249. The zero-order valence-electron chi connectivity index (χ0n) is 8.02. The molecule has 0 amide bonds. The predicted molar refractivity (Wildman–Crippen MR) is 50.3 cm³/mol. The molecule has 0 aliphatic heterocycles. The molecule has 0 radical (unpaired) electrons. The summed E-state index contributed by atoms with van der Waals surface area (Å²) in [6.45, 7) is 6.58. The number of hydrogen-bond acceptors (Lipinski definition) is 2. The molecule has 0 aliphatic carbocycles. The fraction of sp³-hybridized carbons (Fsp3) is 0.700. The Balaban J connectivity index is 3.60. The Morgan fingerprint density at radius 1 is 1.58 bits per heavy atom. The Bertz CT molecular complexity index is 205. The van der Waals surface area contributed by atoms with E-state index >= 15 is 0 Å². The van der Waals surface area contributed by atoms with Gasteiger partial charge in [0.2, 0.25) is 0 Å². The van der Waals surface area contributed by atoms with Crippen molar-refractivity contribution in [3.8, 4) is 18.4 Å². The van der Waals surface area contributed by atoms with Crippen LogP contribution in [0.2, 0.25) is 0 Å². The lowest BCUT2D eigenvalue weighted by Gasteiger charge is -2.15. The Morgan fingerprint density at radius 2 is 2.17 bits per heavy atom. The number of terminal acetylenes is 1. The molecule has 0 aromatic heterocycles. The summed E-state index contributed by atoms with van der Waals surface area (Å²) in [5.74, 6) is 2.58. The summed E-state index contributed by atoms with van der Waals surface area (Å²) in [7, 11) is 0. The van der Waals surface area contributed by atoms with Crippen molar-refractivity contribution in [2.24, 2.45) is 5.41 Å². The summed E-state index contributed by atoms with van der Waals surface area (Å²) in [6, 6.07) is 2.34. The van der Waals surface area contributed by atoms with Gasteiger partial charge in [0.1, 0.15) is 0 Å². The highest BCUT2D eigenvalue weighted by atomic mass is 14.9. The molecule has 2 heteroatoms. The van der Waals surface area contributed by atoms with E-state index in [0.717, 1.165) is 13.0 Å². The topological polar surface area (TPSA) is 35.8 Å². The summed E-state index contributed by atoms with van der Waals surface area (Å²) in [6.07, 6.45) is 6.01. The predicted octanol–water partition coefficient (Wildman–Crippen LogP) is 1.54. The summed E-state index contributed by atoms with van der Waals surface area (Å²) in [5, 5.41) is 11.8. The molecule has 0 aromatic rings. The Kier molecular flexibility index (Phi) is 4.40. The van der Waals surface area contributed by atoms with E-state index in [1.165, 1.54) is 0 Å². The van der Waals surface area contributed by atoms with Crippen molar-refractivity contribution in [3.05, 3.63) is 0 Å². The van der Waals surface area contributed by atoms with Crippen LogP contribution in [-0.4, -0.2) is 12.6 Å². The monoisotopic (exact) mass is 164 g/mol. The van der Waals surface area contributed by atoms with E-state index in [4.69, 9.17) is 11.7 Å². The van der Waals surface area contributed by atoms with Crippen molar-refractivity contribution < 1.29 is 0 Å². The average molecular weight is 164 g/mol. The van der Waals surface area contributed by atoms with E-state index in [9.17, 15) is 0 Å². The fourth-order valence-electron chi connectivity index (χ4n) is 0.716. The van der Waals surface area contributed by atoms with Crippen LogP contribution in [-0.2, 0) is 0 Å². The number of nitrogens with zero attached hydrogens (tertiary/aromatic N) is 1. The molecule has 2 nitrogen and oxygen atoms in total. The second-order valence-electron chi connectivity index (χ2n) is 3.59. The molecule has 0 aromatic carbocycles. The van der Waals surface area contributed by atoms with Gasteiger partial charge in [-0.05, 0) is 33.7 Å². The molecular weight excluding hydrogens is 148 g/mol. The first kappa shape index (κ1) is 11.0. The molecule has 1 N–H and O–H groups in total. The molecule has 0 heterocycles. The largest absolute Gasteiger partial charge is 0.304 e. The molecule has 1 unspecified atom stereocenters. The standard InChI is InChI=1S/C10H16N2/c1-5-9(2)12-7-6-10(3,4)8-11/h1,9,12H,6-7H2,2-4H3. The Morgan fingerprint density at radius 3 is 2.58 bits per heavy atom. The first-order chi connectivity index (χ1) is 5.52. The van der Waals surface area contributed by atoms with Gasteiger partial charge in [-0.25, -0.2) is 0 Å². The maximum absolute atomic E-state index is 8.70. The minimum atomic E-state index is -0.249. The number of nitrogens with one attached hydrogen (secondary N) is 1. The van der Waals surface area contributed by atoms with E-state index in [0.29, 0.717) is 0 Å². The van der Waals surface area contributed by atoms with Gasteiger partial charge in [0, 0.05) is 0 Å². The third-order valence-corrected chi connectivity index (χ3v) is 1.75. The van der Waals surface area contributed by atoms with Crippen LogP contribution in [0.3, 0.4) is 0 Å². The fourth-order valence-corrected chi connectivity index (χ4v) is 0.716. The summed E-state index contributed by atoms with van der Waals surface area (Å²) < 4.78 is 0. The zero-order chi connectivity index (χ0) is 9.61. The molecule has 12 heavy (non-hydrogen) atoms. The van der Waals surface area contributed by atoms with Crippen LogP contribution in [0, 0.1) is 29.1 Å². The second-order valence-corrected chi connectivity index (χ2v) is 3.59. The normalized spacial score (nSPS) is 13.1. The third-order valence-electron chi connectivity index (χ3n) is 1.75. The van der Waals surface area contributed by atoms with Crippen LogP contribution < -0.4 is 5.32 Å². The lowest BCUT2D eigenvalue weighted by molar-refractivity contribution is 0.428. The molecule has 0 saturated heterocycles. The smallest absolute Gasteiger partial charge is 0.0684 e. The van der Waals surface area contributed by atoms with Gasteiger partial charge >= 0.3 is 0 Å². The van der Waals surface area contributed by atoms with Gasteiger partial charge in [-0.15, -0.1) is 6.42 Å². The van der Waals surface area contributed by atoms with Gasteiger partial charge in [0.15, 0.2) is 0 Å². The lowest BCUT2D eigenvalue weighted by atomic mass is 9.91. The van der Waals surface area contributed by atoms with Crippen LogP contribution in [0.5, 0.6) is 0 Å². The van der Waals surface area contributed by atoms with Crippen LogP contribution in [0.25, 0.3) is 0 Å². The quantitative estimate of drug-likeness (QED) is 0.640.